The van der Waals surface area contributed by atoms with Crippen LogP contribution in [-0.4, -0.2) is 27.4 Å². The van der Waals surface area contributed by atoms with Gasteiger partial charge in [0.2, 0.25) is 0 Å². The standard InChI is InChI=1S/C14H19F2NO2/c1-17-14(9-3-5-19-6-4-9)13-11(15)7-10(18-2)8-12(13)16/h7-9,14,17H,3-6H2,1-2H3. The van der Waals surface area contributed by atoms with E-state index < -0.39 is 11.6 Å². The van der Waals surface area contributed by atoms with E-state index in [9.17, 15) is 8.78 Å². The summed E-state index contributed by atoms with van der Waals surface area (Å²) in [4.78, 5) is 0. The maximum atomic E-state index is 14.1. The van der Waals surface area contributed by atoms with Gasteiger partial charge in [0.1, 0.15) is 17.4 Å². The maximum absolute atomic E-state index is 14.1. The van der Waals surface area contributed by atoms with Crippen molar-refractivity contribution in [2.24, 2.45) is 5.92 Å². The van der Waals surface area contributed by atoms with Gasteiger partial charge in [-0.2, -0.15) is 0 Å². The fourth-order valence-corrected chi connectivity index (χ4v) is 2.64. The largest absolute Gasteiger partial charge is 0.497 e. The number of hydrogen-bond donors (Lipinski definition) is 1. The van der Waals surface area contributed by atoms with Crippen molar-refractivity contribution in [1.82, 2.24) is 5.32 Å². The first-order chi connectivity index (χ1) is 9.17. The van der Waals surface area contributed by atoms with Gasteiger partial charge in [-0.1, -0.05) is 0 Å². The van der Waals surface area contributed by atoms with Gasteiger partial charge in [0.15, 0.2) is 0 Å². The van der Waals surface area contributed by atoms with E-state index in [1.807, 2.05) is 0 Å². The number of nitrogens with one attached hydrogen (secondary N) is 1. The second kappa shape index (κ2) is 6.30. The van der Waals surface area contributed by atoms with Crippen LogP contribution in [0.25, 0.3) is 0 Å². The van der Waals surface area contributed by atoms with Crippen LogP contribution in [0.15, 0.2) is 12.1 Å². The summed E-state index contributed by atoms with van der Waals surface area (Å²) < 4.78 is 38.4. The van der Waals surface area contributed by atoms with Crippen LogP contribution in [0.1, 0.15) is 24.4 Å². The molecule has 5 heteroatoms. The second-order valence-electron chi connectivity index (χ2n) is 4.72. The Labute approximate surface area is 111 Å². The van der Waals surface area contributed by atoms with Crippen LogP contribution in [0.5, 0.6) is 5.75 Å². The first-order valence-corrected chi connectivity index (χ1v) is 6.45. The monoisotopic (exact) mass is 271 g/mol. The minimum Gasteiger partial charge on any atom is -0.497 e. The van der Waals surface area contributed by atoms with Crippen LogP contribution in [0, 0.1) is 17.6 Å². The molecule has 1 aromatic carbocycles. The molecule has 19 heavy (non-hydrogen) atoms. The van der Waals surface area contributed by atoms with Crippen LogP contribution in [0.3, 0.4) is 0 Å². The number of halogens is 2. The molecule has 1 aromatic rings. The molecule has 0 spiro atoms. The number of benzene rings is 1. The van der Waals surface area contributed by atoms with E-state index in [0.717, 1.165) is 12.8 Å². The number of ether oxygens (including phenoxy) is 2. The smallest absolute Gasteiger partial charge is 0.134 e. The molecule has 0 aliphatic carbocycles. The molecule has 1 fully saturated rings. The van der Waals surface area contributed by atoms with E-state index in [-0.39, 0.29) is 23.3 Å². The molecule has 0 aromatic heterocycles. The maximum Gasteiger partial charge on any atom is 0.134 e. The van der Waals surface area contributed by atoms with Gasteiger partial charge in [-0.25, -0.2) is 8.78 Å². The third-order valence-electron chi connectivity index (χ3n) is 3.65. The SMILES string of the molecule is CNC(c1c(F)cc(OC)cc1F)C1CCOCC1. The van der Waals surface area contributed by atoms with E-state index in [2.05, 4.69) is 5.32 Å². The normalized spacial score (nSPS) is 18.3. The van der Waals surface area contributed by atoms with Gasteiger partial charge in [0.05, 0.1) is 7.11 Å². The zero-order chi connectivity index (χ0) is 13.8. The van der Waals surface area contributed by atoms with Gasteiger partial charge in [0.25, 0.3) is 0 Å². The Kier molecular flexibility index (Phi) is 4.71. The van der Waals surface area contributed by atoms with E-state index >= 15 is 0 Å². The molecule has 1 N–H and O–H groups in total. The zero-order valence-corrected chi connectivity index (χ0v) is 11.2. The fraction of sp³-hybridized carbons (Fsp3) is 0.571. The highest BCUT2D eigenvalue weighted by molar-refractivity contribution is 5.33. The molecule has 106 valence electrons. The first kappa shape index (κ1) is 14.2. The van der Waals surface area contributed by atoms with Crippen molar-refractivity contribution in [3.63, 3.8) is 0 Å². The molecule has 3 nitrogen and oxygen atoms in total. The van der Waals surface area contributed by atoms with Crippen molar-refractivity contribution in [3.05, 3.63) is 29.3 Å². The van der Waals surface area contributed by atoms with Gasteiger partial charge < -0.3 is 14.8 Å². The lowest BCUT2D eigenvalue weighted by atomic mass is 9.86. The van der Waals surface area contributed by atoms with Gasteiger partial charge in [-0.3, -0.25) is 0 Å². The summed E-state index contributed by atoms with van der Waals surface area (Å²) >= 11 is 0. The average Bonchev–Trinajstić information content (AvgIpc) is 2.43. The summed E-state index contributed by atoms with van der Waals surface area (Å²) in [5.74, 6) is -0.762. The Morgan fingerprint density at radius 3 is 2.32 bits per heavy atom. The van der Waals surface area contributed by atoms with Gasteiger partial charge in [-0.05, 0) is 25.8 Å². The topological polar surface area (TPSA) is 30.5 Å². The third kappa shape index (κ3) is 3.04. The molecule has 0 amide bonds. The van der Waals surface area contributed by atoms with Crippen LogP contribution in [-0.2, 0) is 4.74 Å². The Bertz CT molecular complexity index is 410. The Morgan fingerprint density at radius 1 is 1.26 bits per heavy atom. The van der Waals surface area contributed by atoms with E-state index in [1.165, 1.54) is 19.2 Å². The van der Waals surface area contributed by atoms with Crippen LogP contribution in [0.2, 0.25) is 0 Å². The minimum absolute atomic E-state index is 0.0928. The molecule has 1 unspecified atom stereocenters. The van der Waals surface area contributed by atoms with E-state index in [4.69, 9.17) is 9.47 Å². The summed E-state index contributed by atoms with van der Waals surface area (Å²) in [6.07, 6.45) is 1.60. The molecule has 0 radical (unpaired) electrons. The lowest BCUT2D eigenvalue weighted by Gasteiger charge is -2.30. The molecule has 1 saturated heterocycles. The quantitative estimate of drug-likeness (QED) is 0.913. The van der Waals surface area contributed by atoms with Gasteiger partial charge in [-0.15, -0.1) is 0 Å². The third-order valence-corrected chi connectivity index (χ3v) is 3.65. The van der Waals surface area contributed by atoms with Crippen molar-refractivity contribution >= 4 is 0 Å². The molecule has 0 bridgehead atoms. The average molecular weight is 271 g/mol. The Hall–Kier alpha value is -1.20. The molecule has 2 rings (SSSR count). The highest BCUT2D eigenvalue weighted by Gasteiger charge is 2.29. The highest BCUT2D eigenvalue weighted by Crippen LogP contribution is 2.34. The Morgan fingerprint density at radius 2 is 1.84 bits per heavy atom. The highest BCUT2D eigenvalue weighted by atomic mass is 19.1. The van der Waals surface area contributed by atoms with Crippen LogP contribution < -0.4 is 10.1 Å². The summed E-state index contributed by atoms with van der Waals surface area (Å²) in [6, 6.07) is 2.11. The predicted molar refractivity (Wildman–Crippen MR) is 68.3 cm³/mol. The van der Waals surface area contributed by atoms with Gasteiger partial charge in [0, 0.05) is 37.0 Å². The molecule has 1 aliphatic heterocycles. The van der Waals surface area contributed by atoms with E-state index in [1.54, 1.807) is 7.05 Å². The molecule has 1 heterocycles. The molecule has 1 aliphatic rings. The zero-order valence-electron chi connectivity index (χ0n) is 11.2. The summed E-state index contributed by atoms with van der Waals surface area (Å²) in [6.45, 7) is 1.28. The van der Waals surface area contributed by atoms with Crippen molar-refractivity contribution < 1.29 is 18.3 Å². The van der Waals surface area contributed by atoms with Crippen molar-refractivity contribution in [2.75, 3.05) is 27.4 Å². The number of methoxy groups -OCH3 is 1. The van der Waals surface area contributed by atoms with Crippen LogP contribution in [0.4, 0.5) is 8.78 Å². The molecular formula is C14H19F2NO2. The first-order valence-electron chi connectivity index (χ1n) is 6.45. The lowest BCUT2D eigenvalue weighted by molar-refractivity contribution is 0.0536. The molecule has 1 atom stereocenters. The lowest BCUT2D eigenvalue weighted by Crippen LogP contribution is -2.31. The van der Waals surface area contributed by atoms with Crippen molar-refractivity contribution in [3.8, 4) is 5.75 Å². The summed E-state index contributed by atoms with van der Waals surface area (Å²) in [7, 11) is 3.12. The minimum atomic E-state index is -0.567. The molecule has 0 saturated carbocycles. The number of rotatable bonds is 4. The second-order valence-corrected chi connectivity index (χ2v) is 4.72. The Balaban J connectivity index is 2.31. The van der Waals surface area contributed by atoms with Crippen LogP contribution >= 0.6 is 0 Å². The molecular weight excluding hydrogens is 252 g/mol. The van der Waals surface area contributed by atoms with Crippen molar-refractivity contribution in [1.29, 1.82) is 0 Å². The summed E-state index contributed by atoms with van der Waals surface area (Å²) in [5, 5.41) is 3.03. The summed E-state index contributed by atoms with van der Waals surface area (Å²) in [5.41, 5.74) is 0.0928. The fourth-order valence-electron chi connectivity index (χ4n) is 2.64. The number of hydrogen-bond acceptors (Lipinski definition) is 3. The van der Waals surface area contributed by atoms with E-state index in [0.29, 0.717) is 13.2 Å². The predicted octanol–water partition coefficient (Wildman–Crippen LogP) is 2.66. The van der Waals surface area contributed by atoms with Gasteiger partial charge >= 0.3 is 0 Å². The van der Waals surface area contributed by atoms with Crippen molar-refractivity contribution in [2.45, 2.75) is 18.9 Å².